The average molecular weight is 203 g/mol. The molecule has 9 heavy (non-hydrogen) atoms. The van der Waals surface area contributed by atoms with Crippen molar-refractivity contribution in [1.29, 1.82) is 0 Å². The summed E-state index contributed by atoms with van der Waals surface area (Å²) in [5, 5.41) is 0. The van der Waals surface area contributed by atoms with Crippen LogP contribution in [-0.2, 0) is 0 Å². The second kappa shape index (κ2) is 4.97. The summed E-state index contributed by atoms with van der Waals surface area (Å²) < 4.78 is 0.722. The summed E-state index contributed by atoms with van der Waals surface area (Å²) in [6, 6.07) is 0. The van der Waals surface area contributed by atoms with E-state index in [0.29, 0.717) is 0 Å². The lowest BCUT2D eigenvalue weighted by atomic mass is 9.99. The van der Waals surface area contributed by atoms with Gasteiger partial charge in [0.25, 0.3) is 0 Å². The molecule has 0 aromatic carbocycles. The summed E-state index contributed by atoms with van der Waals surface area (Å²) in [5.74, 6) is 0. The Morgan fingerprint density at radius 3 is 1.44 bits per heavy atom. The molecule has 0 amide bonds. The Labute approximate surface area is 74.4 Å². The highest BCUT2D eigenvalue weighted by Gasteiger charge is 2.24. The van der Waals surface area contributed by atoms with E-state index in [0.717, 1.165) is 3.54 Å². The maximum atomic E-state index is 3.69. The molecule has 0 saturated carbocycles. The van der Waals surface area contributed by atoms with Gasteiger partial charge >= 0.3 is 18.2 Å². The van der Waals surface area contributed by atoms with Crippen LogP contribution in [0, 0.1) is 0 Å². The minimum absolute atomic E-state index is 0.0336. The average Bonchev–Trinajstić information content (AvgIpc) is 1.95. The molecular formula is C7H15BrMg. The van der Waals surface area contributed by atoms with Crippen LogP contribution in [0.3, 0.4) is 0 Å². The molecule has 0 aliphatic rings. The zero-order chi connectivity index (χ0) is 7.33. The van der Waals surface area contributed by atoms with E-state index in [1.54, 1.807) is 0 Å². The number of rotatable bonds is 4. The van der Waals surface area contributed by atoms with Crippen molar-refractivity contribution in [2.75, 3.05) is 0 Å². The van der Waals surface area contributed by atoms with Gasteiger partial charge in [-0.1, -0.05) is 40.0 Å². The lowest BCUT2D eigenvalue weighted by molar-refractivity contribution is 0.502. The van der Waals surface area contributed by atoms with Crippen LogP contribution in [0.1, 0.15) is 40.0 Å². The van der Waals surface area contributed by atoms with Crippen molar-refractivity contribution in [2.45, 2.75) is 43.6 Å². The Morgan fingerprint density at radius 1 is 1.11 bits per heavy atom. The van der Waals surface area contributed by atoms with Gasteiger partial charge in [0.2, 0.25) is 0 Å². The summed E-state index contributed by atoms with van der Waals surface area (Å²) in [4.78, 5) is 0. The summed E-state index contributed by atoms with van der Waals surface area (Å²) in [6.07, 6.45) is 4.08. The highest BCUT2D eigenvalue weighted by Crippen LogP contribution is 2.38. The minimum atomic E-state index is 0.0336. The first-order chi connectivity index (χ1) is 4.24. The van der Waals surface area contributed by atoms with Gasteiger partial charge in [0.1, 0.15) is 0 Å². The maximum absolute atomic E-state index is 3.69. The molecule has 0 spiro atoms. The van der Waals surface area contributed by atoms with E-state index in [1.165, 1.54) is 19.3 Å². The largest absolute Gasteiger partial charge is 0.475 e. The predicted octanol–water partition coefficient (Wildman–Crippen LogP) is 3.39. The van der Waals surface area contributed by atoms with Gasteiger partial charge in [-0.15, -0.1) is 3.54 Å². The standard InChI is InChI=1S/C7H15.BrH.Mg/c1-4-7(5-2)6-3;;/h4-6H2,1-3H3;1H;/q;;+1/p-1. The van der Waals surface area contributed by atoms with E-state index in [-0.39, 0.29) is 18.2 Å². The Hall–Kier alpha value is 1.25. The normalized spacial score (nSPS) is 11.1. The molecule has 52 valence electrons. The molecular weight excluding hydrogens is 188 g/mol. The smallest absolute Gasteiger partial charge is 0.306 e. The first kappa shape index (κ1) is 10.2. The number of hydrogen-bond acceptors (Lipinski definition) is 0. The third-order valence-corrected chi connectivity index (χ3v) is 8.17. The zero-order valence-electron chi connectivity index (χ0n) is 6.71. The molecule has 0 heterocycles. The molecule has 0 aromatic heterocycles. The van der Waals surface area contributed by atoms with Crippen molar-refractivity contribution in [3.05, 3.63) is 0 Å². The molecule has 2 heteroatoms. The van der Waals surface area contributed by atoms with E-state index in [4.69, 9.17) is 0 Å². The number of hydrogen-bond donors (Lipinski definition) is 0. The second-order valence-corrected chi connectivity index (χ2v) is 6.14. The van der Waals surface area contributed by atoms with Crippen LogP contribution in [0.2, 0.25) is 3.54 Å². The minimum Gasteiger partial charge on any atom is -0.306 e. The van der Waals surface area contributed by atoms with Crippen molar-refractivity contribution < 1.29 is 0 Å². The quantitative estimate of drug-likeness (QED) is 0.614. The van der Waals surface area contributed by atoms with Gasteiger partial charge < -0.3 is 12.9 Å². The van der Waals surface area contributed by atoms with Crippen LogP contribution in [-0.4, -0.2) is 18.2 Å². The highest BCUT2D eigenvalue weighted by atomic mass is 79.9. The molecule has 0 aliphatic heterocycles. The fraction of sp³-hybridized carbons (Fsp3) is 1.00. The number of halogens is 1. The van der Waals surface area contributed by atoms with Gasteiger partial charge in [-0.05, 0) is 0 Å². The van der Waals surface area contributed by atoms with Crippen molar-refractivity contribution >= 4 is 31.1 Å². The molecule has 0 nitrogen and oxygen atoms in total. The first-order valence-corrected chi connectivity index (χ1v) is 8.41. The molecule has 0 aromatic rings. The summed E-state index contributed by atoms with van der Waals surface area (Å²) >= 11 is 3.73. The topological polar surface area (TPSA) is 0 Å². The third kappa shape index (κ3) is 2.77. The van der Waals surface area contributed by atoms with Crippen LogP contribution in [0.15, 0.2) is 0 Å². The first-order valence-electron chi connectivity index (χ1n) is 3.80. The van der Waals surface area contributed by atoms with Crippen molar-refractivity contribution in [1.82, 2.24) is 0 Å². The fourth-order valence-electron chi connectivity index (χ4n) is 1.03. The van der Waals surface area contributed by atoms with Crippen LogP contribution < -0.4 is 0 Å². The Kier molecular flexibility index (Phi) is 5.66. The molecule has 0 aliphatic carbocycles. The predicted molar refractivity (Wildman–Crippen MR) is 48.2 cm³/mol. The van der Waals surface area contributed by atoms with Crippen LogP contribution in [0.4, 0.5) is 0 Å². The van der Waals surface area contributed by atoms with Gasteiger partial charge in [-0.3, -0.25) is 0 Å². The fourth-order valence-corrected chi connectivity index (χ4v) is 5.17. The molecule has 0 fully saturated rings. The summed E-state index contributed by atoms with van der Waals surface area (Å²) in [6.45, 7) is 6.92. The molecule has 0 bridgehead atoms. The molecule has 0 radical (unpaired) electrons. The van der Waals surface area contributed by atoms with Gasteiger partial charge in [0, 0.05) is 0 Å². The monoisotopic (exact) mass is 202 g/mol. The molecule has 0 N–H and O–H groups in total. The van der Waals surface area contributed by atoms with E-state index in [2.05, 4.69) is 33.7 Å². The van der Waals surface area contributed by atoms with E-state index < -0.39 is 0 Å². The second-order valence-electron chi connectivity index (χ2n) is 2.69. The molecule has 0 unspecified atom stereocenters. The Balaban J connectivity index is 3.82. The molecule has 0 atom stereocenters. The van der Waals surface area contributed by atoms with E-state index in [1.807, 2.05) is 0 Å². The van der Waals surface area contributed by atoms with Crippen molar-refractivity contribution in [2.24, 2.45) is 0 Å². The van der Waals surface area contributed by atoms with Gasteiger partial charge in [-0.25, -0.2) is 0 Å². The lowest BCUT2D eigenvalue weighted by Crippen LogP contribution is -2.13. The van der Waals surface area contributed by atoms with Crippen LogP contribution in [0.25, 0.3) is 0 Å². The third-order valence-electron chi connectivity index (χ3n) is 2.53. The van der Waals surface area contributed by atoms with Crippen LogP contribution >= 0.6 is 12.9 Å². The SMILES string of the molecule is CC[C](CC)(CC)[Mg][Br]. The van der Waals surface area contributed by atoms with Gasteiger partial charge in [-0.2, -0.15) is 0 Å². The van der Waals surface area contributed by atoms with Crippen molar-refractivity contribution in [3.8, 4) is 0 Å². The highest BCUT2D eigenvalue weighted by molar-refractivity contribution is 9.23. The van der Waals surface area contributed by atoms with Crippen LogP contribution in [0.5, 0.6) is 0 Å². The van der Waals surface area contributed by atoms with E-state index in [9.17, 15) is 0 Å². The Bertz CT molecular complexity index is 51.8. The van der Waals surface area contributed by atoms with E-state index >= 15 is 0 Å². The summed E-state index contributed by atoms with van der Waals surface area (Å²) in [7, 11) is 0. The molecule has 0 saturated heterocycles. The van der Waals surface area contributed by atoms with Gasteiger partial charge in [0.05, 0.1) is 0 Å². The maximum Gasteiger partial charge on any atom is 0.475 e. The zero-order valence-corrected chi connectivity index (χ0v) is 9.71. The van der Waals surface area contributed by atoms with Crippen molar-refractivity contribution in [3.63, 3.8) is 0 Å². The van der Waals surface area contributed by atoms with Gasteiger partial charge in [0.15, 0.2) is 0 Å². The summed E-state index contributed by atoms with van der Waals surface area (Å²) in [5.41, 5.74) is 0. The lowest BCUT2D eigenvalue weighted by Gasteiger charge is -2.27. The Morgan fingerprint density at radius 2 is 1.44 bits per heavy atom. The molecule has 0 rings (SSSR count).